The number of rotatable bonds is 13. The highest BCUT2D eigenvalue weighted by Crippen LogP contribution is 2.14. The Morgan fingerprint density at radius 3 is 2.86 bits per heavy atom. The standard InChI is InChI=1S/C17H35NO3/c1-3-5-7-15(4-2)13-20-14-16(19)12-18-10-9-17-8-6-11-21-17/h15-19H,3-14H2,1-2H3. The Balaban J connectivity index is 1.93. The van der Waals surface area contributed by atoms with Crippen molar-refractivity contribution >= 4 is 0 Å². The van der Waals surface area contributed by atoms with Crippen molar-refractivity contribution < 1.29 is 14.6 Å². The molecule has 3 atom stereocenters. The van der Waals surface area contributed by atoms with Crippen LogP contribution in [0.15, 0.2) is 0 Å². The molecule has 126 valence electrons. The second-order valence-corrected chi connectivity index (χ2v) is 6.24. The summed E-state index contributed by atoms with van der Waals surface area (Å²) >= 11 is 0. The number of unbranched alkanes of at least 4 members (excludes halogenated alkanes) is 1. The van der Waals surface area contributed by atoms with E-state index >= 15 is 0 Å². The van der Waals surface area contributed by atoms with Gasteiger partial charge in [0.25, 0.3) is 0 Å². The summed E-state index contributed by atoms with van der Waals surface area (Å²) in [6.45, 7) is 8.09. The third kappa shape index (κ3) is 9.46. The quantitative estimate of drug-likeness (QED) is 0.514. The van der Waals surface area contributed by atoms with Crippen LogP contribution in [0.4, 0.5) is 0 Å². The van der Waals surface area contributed by atoms with Crippen molar-refractivity contribution in [2.75, 3.05) is 32.9 Å². The Kier molecular flexibility index (Phi) is 11.1. The fourth-order valence-corrected chi connectivity index (χ4v) is 2.73. The second-order valence-electron chi connectivity index (χ2n) is 6.24. The Bertz CT molecular complexity index is 232. The van der Waals surface area contributed by atoms with Crippen LogP contribution in [0.25, 0.3) is 0 Å². The summed E-state index contributed by atoms with van der Waals surface area (Å²) in [6, 6.07) is 0. The van der Waals surface area contributed by atoms with E-state index in [1.54, 1.807) is 0 Å². The predicted molar refractivity (Wildman–Crippen MR) is 86.6 cm³/mol. The molecule has 1 heterocycles. The van der Waals surface area contributed by atoms with Gasteiger partial charge in [0.05, 0.1) is 18.8 Å². The van der Waals surface area contributed by atoms with Crippen LogP contribution in [0.2, 0.25) is 0 Å². The highest BCUT2D eigenvalue weighted by molar-refractivity contribution is 4.67. The Morgan fingerprint density at radius 2 is 2.19 bits per heavy atom. The average molecular weight is 301 g/mol. The Hall–Kier alpha value is -0.160. The summed E-state index contributed by atoms with van der Waals surface area (Å²) in [5.74, 6) is 0.643. The molecule has 4 heteroatoms. The summed E-state index contributed by atoms with van der Waals surface area (Å²) in [4.78, 5) is 0. The molecular formula is C17H35NO3. The third-order valence-corrected chi connectivity index (χ3v) is 4.25. The number of hydrogen-bond acceptors (Lipinski definition) is 4. The van der Waals surface area contributed by atoms with Gasteiger partial charge in [0.2, 0.25) is 0 Å². The lowest BCUT2D eigenvalue weighted by atomic mass is 10.0. The zero-order valence-electron chi connectivity index (χ0n) is 14.0. The maximum atomic E-state index is 9.88. The molecule has 1 aliphatic heterocycles. The van der Waals surface area contributed by atoms with Crippen molar-refractivity contribution in [3.05, 3.63) is 0 Å². The van der Waals surface area contributed by atoms with Gasteiger partial charge in [-0.2, -0.15) is 0 Å². The van der Waals surface area contributed by atoms with Gasteiger partial charge in [-0.1, -0.05) is 33.1 Å². The molecule has 0 aliphatic carbocycles. The van der Waals surface area contributed by atoms with E-state index in [1.165, 1.54) is 32.1 Å². The molecule has 2 N–H and O–H groups in total. The second kappa shape index (κ2) is 12.4. The summed E-state index contributed by atoms with van der Waals surface area (Å²) in [5, 5.41) is 13.2. The van der Waals surface area contributed by atoms with Gasteiger partial charge in [-0.05, 0) is 38.1 Å². The van der Waals surface area contributed by atoms with E-state index in [0.29, 0.717) is 25.2 Å². The molecule has 1 aliphatic rings. The zero-order valence-corrected chi connectivity index (χ0v) is 14.0. The molecule has 1 saturated heterocycles. The fourth-order valence-electron chi connectivity index (χ4n) is 2.73. The average Bonchev–Trinajstić information content (AvgIpc) is 3.00. The van der Waals surface area contributed by atoms with Gasteiger partial charge in [-0.3, -0.25) is 0 Å². The zero-order chi connectivity index (χ0) is 15.3. The van der Waals surface area contributed by atoms with E-state index in [-0.39, 0.29) is 0 Å². The molecule has 0 aromatic carbocycles. The van der Waals surface area contributed by atoms with Crippen LogP contribution < -0.4 is 5.32 Å². The van der Waals surface area contributed by atoms with Crippen LogP contribution in [-0.4, -0.2) is 50.2 Å². The minimum Gasteiger partial charge on any atom is -0.389 e. The highest BCUT2D eigenvalue weighted by Gasteiger charge is 2.15. The van der Waals surface area contributed by atoms with E-state index < -0.39 is 6.10 Å². The van der Waals surface area contributed by atoms with Gasteiger partial charge >= 0.3 is 0 Å². The molecule has 0 saturated carbocycles. The SMILES string of the molecule is CCCCC(CC)COCC(O)CNCCC1CCCO1. The highest BCUT2D eigenvalue weighted by atomic mass is 16.5. The maximum absolute atomic E-state index is 9.88. The van der Waals surface area contributed by atoms with Crippen molar-refractivity contribution in [2.45, 2.75) is 71.0 Å². The predicted octanol–water partition coefficient (Wildman–Crippen LogP) is 2.74. The van der Waals surface area contributed by atoms with Gasteiger partial charge in [0.1, 0.15) is 0 Å². The minimum atomic E-state index is -0.404. The largest absolute Gasteiger partial charge is 0.389 e. The van der Waals surface area contributed by atoms with Gasteiger partial charge in [-0.25, -0.2) is 0 Å². The molecular weight excluding hydrogens is 266 g/mol. The summed E-state index contributed by atoms with van der Waals surface area (Å²) in [6.07, 6.45) is 8.36. The van der Waals surface area contributed by atoms with Gasteiger partial charge in [0, 0.05) is 19.8 Å². The van der Waals surface area contributed by atoms with Crippen molar-refractivity contribution in [3.63, 3.8) is 0 Å². The molecule has 0 radical (unpaired) electrons. The number of ether oxygens (including phenoxy) is 2. The third-order valence-electron chi connectivity index (χ3n) is 4.25. The van der Waals surface area contributed by atoms with Crippen LogP contribution in [0.1, 0.15) is 58.8 Å². The summed E-state index contributed by atoms with van der Waals surface area (Å²) < 4.78 is 11.2. The first-order valence-corrected chi connectivity index (χ1v) is 8.84. The molecule has 0 spiro atoms. The Morgan fingerprint density at radius 1 is 1.33 bits per heavy atom. The van der Waals surface area contributed by atoms with Gasteiger partial charge < -0.3 is 19.9 Å². The molecule has 4 nitrogen and oxygen atoms in total. The van der Waals surface area contributed by atoms with E-state index in [9.17, 15) is 5.11 Å². The number of nitrogens with one attached hydrogen (secondary N) is 1. The monoisotopic (exact) mass is 301 g/mol. The van der Waals surface area contributed by atoms with E-state index in [1.807, 2.05) is 0 Å². The Labute approximate surface area is 130 Å². The van der Waals surface area contributed by atoms with Gasteiger partial charge in [0.15, 0.2) is 0 Å². The van der Waals surface area contributed by atoms with E-state index in [0.717, 1.165) is 32.6 Å². The van der Waals surface area contributed by atoms with Crippen molar-refractivity contribution in [3.8, 4) is 0 Å². The normalized spacial score (nSPS) is 21.6. The smallest absolute Gasteiger partial charge is 0.0897 e. The lowest BCUT2D eigenvalue weighted by Gasteiger charge is -2.17. The van der Waals surface area contributed by atoms with Crippen LogP contribution in [0.3, 0.4) is 0 Å². The lowest BCUT2D eigenvalue weighted by molar-refractivity contribution is 0.0189. The molecule has 21 heavy (non-hydrogen) atoms. The minimum absolute atomic E-state index is 0.404. The first kappa shape index (κ1) is 18.9. The maximum Gasteiger partial charge on any atom is 0.0897 e. The molecule has 0 aromatic heterocycles. The lowest BCUT2D eigenvalue weighted by Crippen LogP contribution is -2.32. The van der Waals surface area contributed by atoms with Crippen molar-refractivity contribution in [2.24, 2.45) is 5.92 Å². The first-order chi connectivity index (χ1) is 10.3. The molecule has 0 amide bonds. The van der Waals surface area contributed by atoms with E-state index in [4.69, 9.17) is 9.47 Å². The number of aliphatic hydroxyl groups excluding tert-OH is 1. The summed E-state index contributed by atoms with van der Waals surface area (Å²) in [7, 11) is 0. The van der Waals surface area contributed by atoms with Crippen LogP contribution in [0, 0.1) is 5.92 Å². The number of hydrogen-bond donors (Lipinski definition) is 2. The molecule has 1 fully saturated rings. The molecule has 0 aromatic rings. The molecule has 0 bridgehead atoms. The fraction of sp³-hybridized carbons (Fsp3) is 1.00. The topological polar surface area (TPSA) is 50.7 Å². The summed E-state index contributed by atoms with van der Waals surface area (Å²) in [5.41, 5.74) is 0. The van der Waals surface area contributed by atoms with Crippen LogP contribution in [0.5, 0.6) is 0 Å². The first-order valence-electron chi connectivity index (χ1n) is 8.84. The van der Waals surface area contributed by atoms with E-state index in [2.05, 4.69) is 19.2 Å². The van der Waals surface area contributed by atoms with Crippen molar-refractivity contribution in [1.29, 1.82) is 0 Å². The van der Waals surface area contributed by atoms with Crippen molar-refractivity contribution in [1.82, 2.24) is 5.32 Å². The molecule has 3 unspecified atom stereocenters. The van der Waals surface area contributed by atoms with Crippen LogP contribution >= 0.6 is 0 Å². The van der Waals surface area contributed by atoms with Crippen LogP contribution in [-0.2, 0) is 9.47 Å². The van der Waals surface area contributed by atoms with Gasteiger partial charge in [-0.15, -0.1) is 0 Å². The number of aliphatic hydroxyl groups is 1. The molecule has 1 rings (SSSR count).